The first kappa shape index (κ1) is 13.2. The highest BCUT2D eigenvalue weighted by molar-refractivity contribution is 7.12. The standard InChI is InChI=1S/C15H20N2S/c1-2-3-4-5-6-7-13-8-10-14(11-9-13)15-17-16-12-18-15/h8-12H,2-7H2,1H3. The fraction of sp³-hybridized carbons (Fsp3) is 0.467. The van der Waals surface area contributed by atoms with Gasteiger partial charge in [0.1, 0.15) is 10.5 Å². The molecular weight excluding hydrogens is 240 g/mol. The Morgan fingerprint density at radius 1 is 1.00 bits per heavy atom. The molecule has 2 nitrogen and oxygen atoms in total. The highest BCUT2D eigenvalue weighted by Crippen LogP contribution is 2.21. The van der Waals surface area contributed by atoms with E-state index in [0.717, 1.165) is 5.01 Å². The Bertz CT molecular complexity index is 434. The molecule has 2 rings (SSSR count). The summed E-state index contributed by atoms with van der Waals surface area (Å²) in [6.07, 6.45) is 7.91. The Kier molecular flexibility index (Phi) is 5.34. The van der Waals surface area contributed by atoms with Gasteiger partial charge in [-0.05, 0) is 18.4 Å². The van der Waals surface area contributed by atoms with Crippen molar-refractivity contribution in [1.82, 2.24) is 10.2 Å². The molecule has 0 spiro atoms. The molecule has 0 radical (unpaired) electrons. The largest absolute Gasteiger partial charge is 0.147 e. The molecule has 1 aromatic carbocycles. The maximum Gasteiger partial charge on any atom is 0.147 e. The lowest BCUT2D eigenvalue weighted by molar-refractivity contribution is 0.632. The molecule has 0 saturated heterocycles. The van der Waals surface area contributed by atoms with Crippen molar-refractivity contribution in [1.29, 1.82) is 0 Å². The number of aromatic nitrogens is 2. The molecule has 0 unspecified atom stereocenters. The summed E-state index contributed by atoms with van der Waals surface area (Å²) in [7, 11) is 0. The lowest BCUT2D eigenvalue weighted by Gasteiger charge is -2.02. The predicted octanol–water partition coefficient (Wildman–Crippen LogP) is 4.72. The summed E-state index contributed by atoms with van der Waals surface area (Å²) >= 11 is 1.59. The van der Waals surface area contributed by atoms with Gasteiger partial charge in [0, 0.05) is 5.56 Å². The zero-order valence-electron chi connectivity index (χ0n) is 10.9. The van der Waals surface area contributed by atoms with E-state index < -0.39 is 0 Å². The molecule has 1 heterocycles. The lowest BCUT2D eigenvalue weighted by atomic mass is 10.0. The quantitative estimate of drug-likeness (QED) is 0.673. The number of aryl methyl sites for hydroxylation is 1. The van der Waals surface area contributed by atoms with E-state index in [9.17, 15) is 0 Å². The number of hydrogen-bond donors (Lipinski definition) is 0. The molecule has 0 fully saturated rings. The molecule has 0 saturated carbocycles. The van der Waals surface area contributed by atoms with E-state index in [1.165, 1.54) is 49.7 Å². The van der Waals surface area contributed by atoms with Crippen LogP contribution in [0.1, 0.15) is 44.6 Å². The van der Waals surface area contributed by atoms with Crippen molar-refractivity contribution in [2.45, 2.75) is 45.4 Å². The van der Waals surface area contributed by atoms with E-state index in [-0.39, 0.29) is 0 Å². The molecule has 0 amide bonds. The van der Waals surface area contributed by atoms with E-state index in [2.05, 4.69) is 41.4 Å². The second-order valence-electron chi connectivity index (χ2n) is 4.61. The number of hydrogen-bond acceptors (Lipinski definition) is 3. The highest BCUT2D eigenvalue weighted by atomic mass is 32.1. The second-order valence-corrected chi connectivity index (χ2v) is 5.44. The first-order valence-electron chi connectivity index (χ1n) is 6.75. The molecule has 18 heavy (non-hydrogen) atoms. The monoisotopic (exact) mass is 260 g/mol. The molecule has 3 heteroatoms. The minimum atomic E-state index is 1.00. The van der Waals surface area contributed by atoms with Gasteiger partial charge in [0.05, 0.1) is 0 Å². The van der Waals surface area contributed by atoms with Crippen LogP contribution < -0.4 is 0 Å². The van der Waals surface area contributed by atoms with Crippen molar-refractivity contribution in [3.05, 3.63) is 35.3 Å². The van der Waals surface area contributed by atoms with Crippen molar-refractivity contribution < 1.29 is 0 Å². The van der Waals surface area contributed by atoms with Gasteiger partial charge in [-0.2, -0.15) is 0 Å². The van der Waals surface area contributed by atoms with Crippen molar-refractivity contribution in [3.63, 3.8) is 0 Å². The third kappa shape index (κ3) is 3.91. The van der Waals surface area contributed by atoms with E-state index in [0.29, 0.717) is 0 Å². The third-order valence-electron chi connectivity index (χ3n) is 3.13. The van der Waals surface area contributed by atoms with E-state index >= 15 is 0 Å². The fourth-order valence-electron chi connectivity index (χ4n) is 2.05. The fourth-order valence-corrected chi connectivity index (χ4v) is 2.61. The van der Waals surface area contributed by atoms with Gasteiger partial charge in [0.2, 0.25) is 0 Å². The summed E-state index contributed by atoms with van der Waals surface area (Å²) in [5.74, 6) is 0. The van der Waals surface area contributed by atoms with E-state index in [1.54, 1.807) is 16.8 Å². The second kappa shape index (κ2) is 7.27. The average Bonchev–Trinajstić information content (AvgIpc) is 2.93. The molecule has 0 N–H and O–H groups in total. The van der Waals surface area contributed by atoms with Gasteiger partial charge in [-0.3, -0.25) is 0 Å². The number of benzene rings is 1. The van der Waals surface area contributed by atoms with Crippen LogP contribution in [0.3, 0.4) is 0 Å². The summed E-state index contributed by atoms with van der Waals surface area (Å²) in [5.41, 5.74) is 4.38. The minimum Gasteiger partial charge on any atom is -0.147 e. The van der Waals surface area contributed by atoms with Crippen LogP contribution >= 0.6 is 11.3 Å². The zero-order chi connectivity index (χ0) is 12.6. The Hall–Kier alpha value is -1.22. The topological polar surface area (TPSA) is 25.8 Å². The Balaban J connectivity index is 1.81. The van der Waals surface area contributed by atoms with Crippen LogP contribution in [0.2, 0.25) is 0 Å². The molecule has 2 aromatic rings. The minimum absolute atomic E-state index is 1.00. The molecule has 0 aliphatic rings. The smallest absolute Gasteiger partial charge is 0.147 e. The van der Waals surface area contributed by atoms with Crippen molar-refractivity contribution in [2.24, 2.45) is 0 Å². The van der Waals surface area contributed by atoms with Crippen LogP contribution in [0.4, 0.5) is 0 Å². The maximum atomic E-state index is 4.08. The summed E-state index contributed by atoms with van der Waals surface area (Å²) < 4.78 is 0. The van der Waals surface area contributed by atoms with Gasteiger partial charge in [-0.1, -0.05) is 68.2 Å². The van der Waals surface area contributed by atoms with Gasteiger partial charge in [-0.15, -0.1) is 10.2 Å². The highest BCUT2D eigenvalue weighted by Gasteiger charge is 2.01. The van der Waals surface area contributed by atoms with Gasteiger partial charge in [0.25, 0.3) is 0 Å². The van der Waals surface area contributed by atoms with Crippen LogP contribution in [-0.4, -0.2) is 10.2 Å². The van der Waals surface area contributed by atoms with Crippen molar-refractivity contribution in [2.75, 3.05) is 0 Å². The van der Waals surface area contributed by atoms with Crippen molar-refractivity contribution in [3.8, 4) is 10.6 Å². The average molecular weight is 260 g/mol. The summed E-state index contributed by atoms with van der Waals surface area (Å²) in [6.45, 7) is 2.26. The van der Waals surface area contributed by atoms with Crippen molar-refractivity contribution >= 4 is 11.3 Å². The summed E-state index contributed by atoms with van der Waals surface area (Å²) in [4.78, 5) is 0. The van der Waals surface area contributed by atoms with Crippen LogP contribution in [0, 0.1) is 0 Å². The molecular formula is C15H20N2S. The van der Waals surface area contributed by atoms with E-state index in [4.69, 9.17) is 0 Å². The SMILES string of the molecule is CCCCCCCc1ccc(-c2nncs2)cc1. The lowest BCUT2D eigenvalue weighted by Crippen LogP contribution is -1.86. The first-order valence-corrected chi connectivity index (χ1v) is 7.63. The molecule has 0 bridgehead atoms. The van der Waals surface area contributed by atoms with E-state index in [1.807, 2.05) is 0 Å². The zero-order valence-corrected chi connectivity index (χ0v) is 11.7. The first-order chi connectivity index (χ1) is 8.90. The van der Waals surface area contributed by atoms with Crippen LogP contribution in [0.5, 0.6) is 0 Å². The molecule has 96 valence electrons. The van der Waals surface area contributed by atoms with Gasteiger partial charge in [0.15, 0.2) is 0 Å². The number of nitrogens with zero attached hydrogens (tertiary/aromatic N) is 2. The Morgan fingerprint density at radius 2 is 1.78 bits per heavy atom. The molecule has 0 atom stereocenters. The van der Waals surface area contributed by atoms with Crippen LogP contribution in [0.15, 0.2) is 29.8 Å². The molecule has 0 aliphatic heterocycles. The Labute approximate surface area is 113 Å². The predicted molar refractivity (Wildman–Crippen MR) is 77.8 cm³/mol. The maximum absolute atomic E-state index is 4.08. The van der Waals surface area contributed by atoms with Gasteiger partial charge >= 0.3 is 0 Å². The van der Waals surface area contributed by atoms with Gasteiger partial charge in [-0.25, -0.2) is 0 Å². The molecule has 0 aliphatic carbocycles. The normalized spacial score (nSPS) is 10.7. The molecule has 1 aromatic heterocycles. The van der Waals surface area contributed by atoms with Crippen LogP contribution in [0.25, 0.3) is 10.6 Å². The summed E-state index contributed by atoms with van der Waals surface area (Å²) in [5, 5.41) is 8.95. The van der Waals surface area contributed by atoms with Gasteiger partial charge < -0.3 is 0 Å². The Morgan fingerprint density at radius 3 is 2.44 bits per heavy atom. The van der Waals surface area contributed by atoms with Crippen LogP contribution in [-0.2, 0) is 6.42 Å². The summed E-state index contributed by atoms with van der Waals surface area (Å²) in [6, 6.07) is 8.75. The number of unbranched alkanes of at least 4 members (excludes halogenated alkanes) is 4. The number of rotatable bonds is 7. The third-order valence-corrected chi connectivity index (χ3v) is 3.87.